The van der Waals surface area contributed by atoms with Crippen molar-refractivity contribution in [3.8, 4) is 0 Å². The summed E-state index contributed by atoms with van der Waals surface area (Å²) in [5, 5.41) is -0.241. The molecule has 0 bridgehead atoms. The SMILES string of the molecule is O=S([O-])[C@@H]1CCOC1. The Morgan fingerprint density at radius 2 is 2.50 bits per heavy atom. The Bertz CT molecular complexity index is 97.5. The molecule has 1 unspecified atom stereocenters. The fourth-order valence-electron chi connectivity index (χ4n) is 0.665. The second-order valence-electron chi connectivity index (χ2n) is 1.75. The average Bonchev–Trinajstić information content (AvgIpc) is 2.12. The molecule has 3 nitrogen and oxygen atoms in total. The van der Waals surface area contributed by atoms with Crippen LogP contribution in [0, 0.1) is 0 Å². The molecule has 0 amide bonds. The van der Waals surface area contributed by atoms with Crippen molar-refractivity contribution in [3.05, 3.63) is 0 Å². The summed E-state index contributed by atoms with van der Waals surface area (Å²) in [6.45, 7) is 0.981. The van der Waals surface area contributed by atoms with Gasteiger partial charge in [0.25, 0.3) is 0 Å². The number of rotatable bonds is 1. The van der Waals surface area contributed by atoms with Crippen LogP contribution in [0.2, 0.25) is 0 Å². The maximum absolute atomic E-state index is 10.1. The Kier molecular flexibility index (Phi) is 1.99. The van der Waals surface area contributed by atoms with E-state index >= 15 is 0 Å². The second-order valence-corrected chi connectivity index (χ2v) is 2.93. The van der Waals surface area contributed by atoms with E-state index in [0.717, 1.165) is 0 Å². The van der Waals surface area contributed by atoms with Crippen molar-refractivity contribution in [2.24, 2.45) is 0 Å². The molecule has 0 radical (unpaired) electrons. The van der Waals surface area contributed by atoms with Gasteiger partial charge in [0.1, 0.15) is 0 Å². The molecule has 1 heterocycles. The van der Waals surface area contributed by atoms with E-state index < -0.39 is 11.1 Å². The quantitative estimate of drug-likeness (QED) is 0.462. The Labute approximate surface area is 50.3 Å². The largest absolute Gasteiger partial charge is 0.772 e. The molecule has 0 saturated carbocycles. The standard InChI is InChI=1S/C4H8O3S/c5-8(6)4-1-2-7-3-4/h4H,1-3H2,(H,5,6)/p-1/t4-/m1/s1. The zero-order valence-electron chi connectivity index (χ0n) is 4.33. The Morgan fingerprint density at radius 1 is 1.75 bits per heavy atom. The summed E-state index contributed by atoms with van der Waals surface area (Å²) in [5.41, 5.74) is 0. The van der Waals surface area contributed by atoms with E-state index in [0.29, 0.717) is 19.6 Å². The van der Waals surface area contributed by atoms with Gasteiger partial charge in [-0.1, -0.05) is 0 Å². The molecule has 1 aliphatic rings. The van der Waals surface area contributed by atoms with Crippen LogP contribution in [0.15, 0.2) is 0 Å². The zero-order chi connectivity index (χ0) is 5.98. The third-order valence-electron chi connectivity index (χ3n) is 1.16. The highest BCUT2D eigenvalue weighted by atomic mass is 32.2. The van der Waals surface area contributed by atoms with Gasteiger partial charge in [-0.25, -0.2) is 0 Å². The maximum atomic E-state index is 10.1. The lowest BCUT2D eigenvalue weighted by atomic mass is 10.4. The molecule has 48 valence electrons. The molecule has 0 aromatic rings. The smallest absolute Gasteiger partial charge is 0.0599 e. The van der Waals surface area contributed by atoms with Gasteiger partial charge in [0.05, 0.1) is 6.61 Å². The summed E-state index contributed by atoms with van der Waals surface area (Å²) in [6.07, 6.45) is 0.663. The lowest BCUT2D eigenvalue weighted by molar-refractivity contribution is 0.198. The van der Waals surface area contributed by atoms with Crippen molar-refractivity contribution in [2.45, 2.75) is 11.7 Å². The van der Waals surface area contributed by atoms with E-state index in [4.69, 9.17) is 4.74 Å². The predicted molar refractivity (Wildman–Crippen MR) is 28.1 cm³/mol. The van der Waals surface area contributed by atoms with Gasteiger partial charge in [-0.15, -0.1) is 0 Å². The van der Waals surface area contributed by atoms with Crippen LogP contribution in [0.25, 0.3) is 0 Å². The van der Waals surface area contributed by atoms with Crippen LogP contribution < -0.4 is 0 Å². The first-order valence-electron chi connectivity index (χ1n) is 2.46. The van der Waals surface area contributed by atoms with Gasteiger partial charge in [-0.3, -0.25) is 4.21 Å². The Morgan fingerprint density at radius 3 is 2.75 bits per heavy atom. The first kappa shape index (κ1) is 6.19. The van der Waals surface area contributed by atoms with E-state index in [1.807, 2.05) is 0 Å². The first-order valence-corrected chi connectivity index (χ1v) is 3.60. The molecule has 1 fully saturated rings. The van der Waals surface area contributed by atoms with Crippen molar-refractivity contribution in [1.29, 1.82) is 0 Å². The Hall–Kier alpha value is 0.0700. The molecule has 2 atom stereocenters. The van der Waals surface area contributed by atoms with Crippen LogP contribution in [-0.2, 0) is 15.8 Å². The van der Waals surface area contributed by atoms with Gasteiger partial charge in [-0.2, -0.15) is 0 Å². The first-order chi connectivity index (χ1) is 3.80. The molecule has 0 spiro atoms. The molecule has 0 aromatic carbocycles. The lowest BCUT2D eigenvalue weighted by Gasteiger charge is -2.09. The summed E-state index contributed by atoms with van der Waals surface area (Å²) < 4.78 is 25.1. The van der Waals surface area contributed by atoms with Crippen molar-refractivity contribution >= 4 is 11.1 Å². The summed E-state index contributed by atoms with van der Waals surface area (Å²) >= 11 is -1.92. The maximum Gasteiger partial charge on any atom is 0.0599 e. The molecule has 1 saturated heterocycles. The molecule has 1 rings (SSSR count). The molecule has 1 aliphatic heterocycles. The number of hydrogen-bond donors (Lipinski definition) is 0. The highest BCUT2D eigenvalue weighted by Gasteiger charge is 2.15. The summed E-state index contributed by atoms with van der Waals surface area (Å²) in [7, 11) is 0. The van der Waals surface area contributed by atoms with Crippen molar-refractivity contribution in [2.75, 3.05) is 13.2 Å². The van der Waals surface area contributed by atoms with Crippen LogP contribution in [-0.4, -0.2) is 27.2 Å². The van der Waals surface area contributed by atoms with Crippen LogP contribution in [0.4, 0.5) is 0 Å². The molecule has 4 heteroatoms. The number of ether oxygens (including phenoxy) is 1. The van der Waals surface area contributed by atoms with Crippen molar-refractivity contribution in [3.63, 3.8) is 0 Å². The monoisotopic (exact) mass is 135 g/mol. The lowest BCUT2D eigenvalue weighted by Crippen LogP contribution is -2.13. The minimum absolute atomic E-state index is 0.241. The third-order valence-corrected chi connectivity index (χ3v) is 2.08. The predicted octanol–water partition coefficient (Wildman–Crippen LogP) is -0.346. The molecular weight excluding hydrogens is 128 g/mol. The van der Waals surface area contributed by atoms with Gasteiger partial charge in [0.2, 0.25) is 0 Å². The highest BCUT2D eigenvalue weighted by Crippen LogP contribution is 2.08. The van der Waals surface area contributed by atoms with E-state index in [1.165, 1.54) is 0 Å². The second kappa shape index (κ2) is 2.57. The summed E-state index contributed by atoms with van der Waals surface area (Å²) in [4.78, 5) is 0. The highest BCUT2D eigenvalue weighted by molar-refractivity contribution is 7.79. The van der Waals surface area contributed by atoms with Gasteiger partial charge >= 0.3 is 0 Å². The average molecular weight is 135 g/mol. The molecular formula is C4H7O3S-. The van der Waals surface area contributed by atoms with Gasteiger partial charge in [0.15, 0.2) is 0 Å². The zero-order valence-corrected chi connectivity index (χ0v) is 5.15. The van der Waals surface area contributed by atoms with Crippen LogP contribution in [0.3, 0.4) is 0 Å². The molecule has 0 aromatic heterocycles. The summed E-state index contributed by atoms with van der Waals surface area (Å²) in [5.74, 6) is 0. The van der Waals surface area contributed by atoms with Crippen LogP contribution >= 0.6 is 0 Å². The minimum Gasteiger partial charge on any atom is -0.772 e. The van der Waals surface area contributed by atoms with Gasteiger partial charge < -0.3 is 9.29 Å². The minimum atomic E-state index is -1.92. The topological polar surface area (TPSA) is 49.4 Å². The van der Waals surface area contributed by atoms with Crippen molar-refractivity contribution < 1.29 is 13.5 Å². The molecule has 0 N–H and O–H groups in total. The van der Waals surface area contributed by atoms with E-state index in [2.05, 4.69) is 0 Å². The van der Waals surface area contributed by atoms with E-state index in [-0.39, 0.29) is 5.25 Å². The summed E-state index contributed by atoms with van der Waals surface area (Å²) in [6, 6.07) is 0. The van der Waals surface area contributed by atoms with Gasteiger partial charge in [-0.05, 0) is 17.5 Å². The van der Waals surface area contributed by atoms with Crippen LogP contribution in [0.1, 0.15) is 6.42 Å². The fourth-order valence-corrected chi connectivity index (χ4v) is 1.16. The van der Waals surface area contributed by atoms with E-state index in [1.54, 1.807) is 0 Å². The van der Waals surface area contributed by atoms with Crippen molar-refractivity contribution in [1.82, 2.24) is 0 Å². The van der Waals surface area contributed by atoms with E-state index in [9.17, 15) is 8.76 Å². The number of hydrogen-bond acceptors (Lipinski definition) is 3. The molecule has 8 heavy (non-hydrogen) atoms. The normalized spacial score (nSPS) is 32.9. The molecule has 0 aliphatic carbocycles. The van der Waals surface area contributed by atoms with Crippen LogP contribution in [0.5, 0.6) is 0 Å². The fraction of sp³-hybridized carbons (Fsp3) is 1.00. The Balaban J connectivity index is 2.35. The third kappa shape index (κ3) is 1.27. The van der Waals surface area contributed by atoms with Gasteiger partial charge in [0, 0.05) is 11.9 Å².